The van der Waals surface area contributed by atoms with Gasteiger partial charge in [0.05, 0.1) is 18.2 Å². The molecule has 0 spiro atoms. The molecule has 3 aromatic rings. The number of rotatable bonds is 8. The first kappa shape index (κ1) is 28.3. The molecular formula is C24H19Cl2F3N2O5S. The number of hydrogen-bond acceptors (Lipinski definition) is 6. The van der Waals surface area contributed by atoms with Crippen LogP contribution in [0.3, 0.4) is 0 Å². The number of nitrogens with one attached hydrogen (secondary N) is 1. The first-order valence-corrected chi connectivity index (χ1v) is 12.7. The highest BCUT2D eigenvalue weighted by Crippen LogP contribution is 2.36. The van der Waals surface area contributed by atoms with Crippen molar-refractivity contribution in [3.63, 3.8) is 0 Å². The lowest BCUT2D eigenvalue weighted by Gasteiger charge is -2.22. The van der Waals surface area contributed by atoms with Crippen molar-refractivity contribution in [3.8, 4) is 5.75 Å². The van der Waals surface area contributed by atoms with Gasteiger partial charge in [-0.05, 0) is 60.0 Å². The van der Waals surface area contributed by atoms with Gasteiger partial charge >= 0.3 is 21.7 Å². The summed E-state index contributed by atoms with van der Waals surface area (Å²) in [5.74, 6) is -1.27. The van der Waals surface area contributed by atoms with Crippen LogP contribution in [0.15, 0.2) is 77.9 Å². The maximum absolute atomic E-state index is 12.7. The van der Waals surface area contributed by atoms with E-state index in [1.807, 2.05) is 0 Å². The number of ether oxygens (including phenoxy) is 1. The van der Waals surface area contributed by atoms with E-state index in [1.165, 1.54) is 18.2 Å². The van der Waals surface area contributed by atoms with Crippen molar-refractivity contribution < 1.29 is 35.3 Å². The number of halogens is 5. The molecule has 13 heteroatoms. The molecule has 0 aromatic heterocycles. The normalized spacial score (nSPS) is 13.1. The van der Waals surface area contributed by atoms with Crippen LogP contribution in [0, 0.1) is 0 Å². The summed E-state index contributed by atoms with van der Waals surface area (Å²) in [7, 11) is -5.86. The van der Waals surface area contributed by atoms with E-state index in [0.29, 0.717) is 26.7 Å². The Morgan fingerprint density at radius 2 is 1.68 bits per heavy atom. The Kier molecular flexibility index (Phi) is 9.06. The third kappa shape index (κ3) is 7.15. The van der Waals surface area contributed by atoms with Crippen molar-refractivity contribution in [2.24, 2.45) is 5.10 Å². The minimum atomic E-state index is -5.86. The molecule has 0 radical (unpaired) electrons. The van der Waals surface area contributed by atoms with E-state index in [9.17, 15) is 26.4 Å². The molecule has 3 aromatic carbocycles. The number of nitrogens with zero attached hydrogens (tertiary/aromatic N) is 1. The molecule has 1 amide bonds. The molecular weight excluding hydrogens is 556 g/mol. The molecule has 1 atom stereocenters. The number of benzene rings is 3. The minimum Gasteiger partial charge on any atom is -0.449 e. The molecule has 0 aliphatic heterocycles. The molecule has 0 fully saturated rings. The standard InChI is InChI=1S/C24H19Cl2F3N2O5S/c1-2-35-23(32)31-30-22(16-8-11-18(12-9-16)36-37(33,34)24(27,28)29)21(15-6-4-3-5-7-15)19-13-10-17(25)14-20(19)26/h3-14,21H,2H2,1H3,(H,31,32). The zero-order valence-corrected chi connectivity index (χ0v) is 21.3. The van der Waals surface area contributed by atoms with Crippen molar-refractivity contribution in [2.75, 3.05) is 6.61 Å². The maximum Gasteiger partial charge on any atom is 0.534 e. The van der Waals surface area contributed by atoms with Gasteiger partial charge in [-0.2, -0.15) is 26.7 Å². The summed E-state index contributed by atoms with van der Waals surface area (Å²) in [5.41, 5.74) is -1.51. The van der Waals surface area contributed by atoms with Crippen LogP contribution in [-0.2, 0) is 14.9 Å². The monoisotopic (exact) mass is 574 g/mol. The molecule has 0 aliphatic carbocycles. The first-order valence-electron chi connectivity index (χ1n) is 10.5. The van der Waals surface area contributed by atoms with Gasteiger partial charge in [0.1, 0.15) is 5.75 Å². The van der Waals surface area contributed by atoms with Crippen LogP contribution in [0.2, 0.25) is 10.0 Å². The van der Waals surface area contributed by atoms with Crippen LogP contribution in [0.1, 0.15) is 29.5 Å². The molecule has 7 nitrogen and oxygen atoms in total. The van der Waals surface area contributed by atoms with E-state index in [4.69, 9.17) is 27.9 Å². The van der Waals surface area contributed by atoms with Crippen LogP contribution >= 0.6 is 23.2 Å². The summed E-state index contributed by atoms with van der Waals surface area (Å²) in [6, 6.07) is 18.4. The number of hydrogen-bond donors (Lipinski definition) is 1. The van der Waals surface area contributed by atoms with Crippen molar-refractivity contribution in [3.05, 3.63) is 99.5 Å². The fraction of sp³-hybridized carbons (Fsp3) is 0.167. The highest BCUT2D eigenvalue weighted by Gasteiger charge is 2.48. The van der Waals surface area contributed by atoms with E-state index in [-0.39, 0.29) is 12.3 Å². The molecule has 0 aliphatic rings. The van der Waals surface area contributed by atoms with E-state index < -0.39 is 33.4 Å². The molecule has 0 bridgehead atoms. The maximum atomic E-state index is 12.7. The molecule has 3 rings (SSSR count). The third-order valence-corrected chi connectivity index (χ3v) is 6.40. The average Bonchev–Trinajstić information content (AvgIpc) is 2.83. The summed E-state index contributed by atoms with van der Waals surface area (Å²) in [6.45, 7) is 1.69. The van der Waals surface area contributed by atoms with Gasteiger partial charge in [0.15, 0.2) is 0 Å². The Morgan fingerprint density at radius 3 is 2.24 bits per heavy atom. The number of amides is 1. The van der Waals surface area contributed by atoms with Gasteiger partial charge in [-0.1, -0.05) is 59.6 Å². The highest BCUT2D eigenvalue weighted by atomic mass is 35.5. The van der Waals surface area contributed by atoms with Gasteiger partial charge in [0.2, 0.25) is 0 Å². The summed E-state index contributed by atoms with van der Waals surface area (Å²) in [4.78, 5) is 12.0. The lowest BCUT2D eigenvalue weighted by molar-refractivity contribution is -0.0500. The van der Waals surface area contributed by atoms with Crippen LogP contribution in [0.5, 0.6) is 5.75 Å². The zero-order chi connectivity index (χ0) is 27.2. The SMILES string of the molecule is CCOC(=O)NN=C(c1ccc(OS(=O)(=O)C(F)(F)F)cc1)C(c1ccccc1)c1ccc(Cl)cc1Cl. The molecule has 37 heavy (non-hydrogen) atoms. The Bertz CT molecular complexity index is 1380. The number of alkyl halides is 3. The van der Waals surface area contributed by atoms with Crippen molar-refractivity contribution in [1.29, 1.82) is 0 Å². The topological polar surface area (TPSA) is 94.1 Å². The number of carbonyl (C=O) groups excluding carboxylic acids is 1. The lowest BCUT2D eigenvalue weighted by Crippen LogP contribution is -2.28. The molecule has 1 unspecified atom stereocenters. The predicted molar refractivity (Wildman–Crippen MR) is 133 cm³/mol. The first-order chi connectivity index (χ1) is 17.4. The predicted octanol–water partition coefficient (Wildman–Crippen LogP) is 6.50. The summed E-state index contributed by atoms with van der Waals surface area (Å²) < 4.78 is 69.9. The van der Waals surface area contributed by atoms with E-state index in [0.717, 1.165) is 12.1 Å². The lowest BCUT2D eigenvalue weighted by atomic mass is 9.84. The van der Waals surface area contributed by atoms with Gasteiger partial charge in [-0.25, -0.2) is 10.2 Å². The molecule has 196 valence electrons. The molecule has 0 saturated carbocycles. The molecule has 0 saturated heterocycles. The minimum absolute atomic E-state index is 0.0848. The number of hydrazone groups is 1. The van der Waals surface area contributed by atoms with Crippen LogP contribution in [0.25, 0.3) is 0 Å². The Balaban J connectivity index is 2.13. The van der Waals surface area contributed by atoms with Gasteiger partial charge in [-0.15, -0.1) is 0 Å². The van der Waals surface area contributed by atoms with Crippen molar-refractivity contribution in [2.45, 2.75) is 18.3 Å². The van der Waals surface area contributed by atoms with Crippen molar-refractivity contribution in [1.82, 2.24) is 5.43 Å². The van der Waals surface area contributed by atoms with Crippen LogP contribution in [0.4, 0.5) is 18.0 Å². The Morgan fingerprint density at radius 1 is 1.03 bits per heavy atom. The van der Waals surface area contributed by atoms with E-state index in [1.54, 1.807) is 49.4 Å². The quantitative estimate of drug-likeness (QED) is 0.143. The van der Waals surface area contributed by atoms with Gasteiger partial charge in [0.25, 0.3) is 0 Å². The summed E-state index contributed by atoms with van der Waals surface area (Å²) in [6.07, 6.45) is -0.842. The summed E-state index contributed by atoms with van der Waals surface area (Å²) in [5, 5.41) is 4.91. The smallest absolute Gasteiger partial charge is 0.449 e. The van der Waals surface area contributed by atoms with E-state index >= 15 is 0 Å². The van der Waals surface area contributed by atoms with Crippen LogP contribution in [-0.4, -0.2) is 32.3 Å². The van der Waals surface area contributed by atoms with Crippen molar-refractivity contribution >= 4 is 45.1 Å². The second-order valence-corrected chi connectivity index (χ2v) is 9.73. The fourth-order valence-electron chi connectivity index (χ4n) is 3.29. The van der Waals surface area contributed by atoms with Gasteiger partial charge in [0, 0.05) is 10.0 Å². The second-order valence-electron chi connectivity index (χ2n) is 7.35. The Hall–Kier alpha value is -3.28. The Labute approximate surface area is 220 Å². The molecule has 1 N–H and O–H groups in total. The second kappa shape index (κ2) is 11.8. The average molecular weight is 575 g/mol. The fourth-order valence-corrected chi connectivity index (χ4v) is 4.26. The third-order valence-electron chi connectivity index (χ3n) is 4.86. The van der Waals surface area contributed by atoms with Gasteiger partial charge in [-0.3, -0.25) is 0 Å². The molecule has 0 heterocycles. The summed E-state index contributed by atoms with van der Waals surface area (Å²) >= 11 is 12.6. The number of carbonyl (C=O) groups is 1. The van der Waals surface area contributed by atoms with E-state index in [2.05, 4.69) is 14.7 Å². The highest BCUT2D eigenvalue weighted by molar-refractivity contribution is 7.88. The largest absolute Gasteiger partial charge is 0.534 e. The van der Waals surface area contributed by atoms with Gasteiger partial charge < -0.3 is 8.92 Å². The zero-order valence-electron chi connectivity index (χ0n) is 19.0. The van der Waals surface area contributed by atoms with Crippen LogP contribution < -0.4 is 9.61 Å².